The number of oxime groups is 1. The maximum Gasteiger partial charge on any atom is 0.328 e. The molecule has 3 N–H and O–H groups in total. The fourth-order valence-corrected chi connectivity index (χ4v) is 6.17. The Hall–Kier alpha value is -2.67. The topological polar surface area (TPSA) is 108 Å². The minimum atomic E-state index is -1.26. The van der Waals surface area contributed by atoms with E-state index in [9.17, 15) is 9.59 Å². The predicted octanol–water partition coefficient (Wildman–Crippen LogP) is 4.90. The number of hydrogen-bond acceptors (Lipinski definition) is 5. The minimum Gasteiger partial charge on any atom is -0.478 e. The van der Waals surface area contributed by atoms with E-state index < -0.39 is 11.9 Å². The van der Waals surface area contributed by atoms with Gasteiger partial charge < -0.3 is 20.4 Å². The Labute approximate surface area is 208 Å². The molecule has 1 aromatic rings. The van der Waals surface area contributed by atoms with Gasteiger partial charge >= 0.3 is 11.9 Å². The molecular formula is C28H40N2O5. The van der Waals surface area contributed by atoms with E-state index in [1.54, 1.807) is 11.1 Å². The van der Waals surface area contributed by atoms with Crippen molar-refractivity contribution in [2.45, 2.75) is 83.7 Å². The zero-order valence-corrected chi connectivity index (χ0v) is 21.4. The molecule has 2 aliphatic carbocycles. The van der Waals surface area contributed by atoms with Crippen LogP contribution in [-0.4, -0.2) is 47.6 Å². The summed E-state index contributed by atoms with van der Waals surface area (Å²) in [6, 6.07) is 7.30. The Morgan fingerprint density at radius 1 is 1.14 bits per heavy atom. The number of nitrogens with zero attached hydrogens (tertiary/aromatic N) is 1. The van der Waals surface area contributed by atoms with Gasteiger partial charge in [-0.2, -0.15) is 0 Å². The highest BCUT2D eigenvalue weighted by Gasteiger charge is 2.51. The van der Waals surface area contributed by atoms with Gasteiger partial charge in [0.25, 0.3) is 0 Å². The Bertz CT molecular complexity index is 950. The third kappa shape index (κ3) is 6.51. The molecule has 1 saturated carbocycles. The Morgan fingerprint density at radius 2 is 1.86 bits per heavy atom. The number of rotatable bonds is 6. The maximum atomic E-state index is 9.55. The smallest absolute Gasteiger partial charge is 0.328 e. The molecule has 4 rings (SSSR count). The van der Waals surface area contributed by atoms with Crippen molar-refractivity contribution in [3.8, 4) is 0 Å². The van der Waals surface area contributed by atoms with Gasteiger partial charge in [0.1, 0.15) is 6.10 Å². The first-order chi connectivity index (χ1) is 16.5. The molecule has 7 heteroatoms. The lowest BCUT2D eigenvalue weighted by molar-refractivity contribution is -0.134. The second-order valence-electron chi connectivity index (χ2n) is 10.9. The monoisotopic (exact) mass is 484 g/mol. The number of nitrogens with one attached hydrogen (secondary N) is 1. The van der Waals surface area contributed by atoms with Gasteiger partial charge in [0, 0.05) is 36.7 Å². The Kier molecular flexibility index (Phi) is 8.75. The maximum absolute atomic E-state index is 9.55. The van der Waals surface area contributed by atoms with Gasteiger partial charge in [-0.25, -0.2) is 9.59 Å². The first-order valence-electron chi connectivity index (χ1n) is 12.7. The largest absolute Gasteiger partial charge is 0.478 e. The second-order valence-corrected chi connectivity index (χ2v) is 10.9. The third-order valence-corrected chi connectivity index (χ3v) is 8.03. The predicted molar refractivity (Wildman–Crippen MR) is 137 cm³/mol. The number of carbonyl (C=O) groups is 2. The van der Waals surface area contributed by atoms with Gasteiger partial charge in [0.2, 0.25) is 0 Å². The summed E-state index contributed by atoms with van der Waals surface area (Å²) in [6.45, 7) is 11.5. The summed E-state index contributed by atoms with van der Waals surface area (Å²) < 4.78 is 0. The standard InChI is InChI=1S/C24H36N2O.C4H4O4/c1-17(2)18-6-8-21-19(14-18)7-9-22-23(3,11-5-12-24(21,22)4)16-26-27-20-10-13-25-15-20;5-3(6)1-2-4(7)8/h6,8,14,16-17,20,22,25H,5,7,9-13,15H2,1-4H3;1-2H,(H,5,6)(H,7,8)/b26-16-;2-1+/t20-,22+,23+,24-;/m1./s1. The molecule has 0 radical (unpaired) electrons. The van der Waals surface area contributed by atoms with Crippen LogP contribution >= 0.6 is 0 Å². The molecule has 1 saturated heterocycles. The van der Waals surface area contributed by atoms with E-state index in [1.807, 2.05) is 0 Å². The van der Waals surface area contributed by atoms with Crippen molar-refractivity contribution in [2.75, 3.05) is 13.1 Å². The quantitative estimate of drug-likeness (QED) is 0.301. The van der Waals surface area contributed by atoms with E-state index in [4.69, 9.17) is 15.1 Å². The zero-order chi connectivity index (χ0) is 25.6. The van der Waals surface area contributed by atoms with Crippen LogP contribution in [0.5, 0.6) is 0 Å². The molecule has 2 fully saturated rings. The Morgan fingerprint density at radius 3 is 2.46 bits per heavy atom. The summed E-state index contributed by atoms with van der Waals surface area (Å²) in [6.07, 6.45) is 10.9. The zero-order valence-electron chi connectivity index (χ0n) is 21.4. The van der Waals surface area contributed by atoms with Crippen LogP contribution in [0.1, 0.15) is 82.4 Å². The van der Waals surface area contributed by atoms with Gasteiger partial charge in [-0.05, 0) is 66.2 Å². The molecule has 1 heterocycles. The lowest BCUT2D eigenvalue weighted by atomic mass is 9.50. The minimum absolute atomic E-state index is 0.132. The van der Waals surface area contributed by atoms with Crippen molar-refractivity contribution >= 4 is 18.2 Å². The molecule has 1 aromatic carbocycles. The first-order valence-corrected chi connectivity index (χ1v) is 12.7. The van der Waals surface area contributed by atoms with Gasteiger partial charge in [-0.1, -0.05) is 57.5 Å². The molecule has 0 bridgehead atoms. The van der Waals surface area contributed by atoms with Crippen LogP contribution in [0.4, 0.5) is 0 Å². The first kappa shape index (κ1) is 26.9. The highest BCUT2D eigenvalue weighted by molar-refractivity contribution is 5.89. The summed E-state index contributed by atoms with van der Waals surface area (Å²) >= 11 is 0. The van der Waals surface area contributed by atoms with E-state index in [0.717, 1.165) is 19.5 Å². The van der Waals surface area contributed by atoms with Crippen molar-refractivity contribution in [3.05, 3.63) is 47.0 Å². The molecule has 35 heavy (non-hydrogen) atoms. The van der Waals surface area contributed by atoms with E-state index >= 15 is 0 Å². The van der Waals surface area contributed by atoms with E-state index in [2.05, 4.69) is 62.6 Å². The number of fused-ring (bicyclic) bond motifs is 3. The van der Waals surface area contributed by atoms with Crippen molar-refractivity contribution in [1.82, 2.24) is 5.32 Å². The molecular weight excluding hydrogens is 444 g/mol. The van der Waals surface area contributed by atoms with E-state index in [-0.39, 0.29) is 16.9 Å². The fourth-order valence-electron chi connectivity index (χ4n) is 6.17. The SMILES string of the molecule is CC(C)c1ccc2c(c1)CC[C@H]1[C@](C)(/C=N\O[C@@H]3CCNC3)CCC[C@]21C.O=C(O)/C=C/C(=O)O. The number of carboxylic acids is 2. The number of benzene rings is 1. The number of carboxylic acid groups (broad SMARTS) is 2. The van der Waals surface area contributed by atoms with Gasteiger partial charge in [-0.15, -0.1) is 0 Å². The van der Waals surface area contributed by atoms with Crippen molar-refractivity contribution in [1.29, 1.82) is 0 Å². The van der Waals surface area contributed by atoms with Gasteiger partial charge in [0.15, 0.2) is 0 Å². The summed E-state index contributed by atoms with van der Waals surface area (Å²) in [4.78, 5) is 24.9. The van der Waals surface area contributed by atoms with Crippen LogP contribution in [0.3, 0.4) is 0 Å². The average Bonchev–Trinajstić information content (AvgIpc) is 3.31. The Balaban J connectivity index is 0.000000371. The number of aliphatic carboxylic acids is 2. The molecule has 0 unspecified atom stereocenters. The average molecular weight is 485 g/mol. The molecule has 7 nitrogen and oxygen atoms in total. The summed E-state index contributed by atoms with van der Waals surface area (Å²) in [5.41, 5.74) is 5.07. The van der Waals surface area contributed by atoms with E-state index in [0.29, 0.717) is 24.0 Å². The molecule has 192 valence electrons. The van der Waals surface area contributed by atoms with Crippen molar-refractivity contribution < 1.29 is 24.6 Å². The van der Waals surface area contributed by atoms with E-state index in [1.165, 1.54) is 37.7 Å². The number of aryl methyl sites for hydroxylation is 1. The highest BCUT2D eigenvalue weighted by Crippen LogP contribution is 2.56. The fraction of sp³-hybridized carbons (Fsp3) is 0.607. The number of hydrogen-bond donors (Lipinski definition) is 3. The molecule has 3 aliphatic rings. The van der Waals surface area contributed by atoms with Gasteiger partial charge in [-0.3, -0.25) is 0 Å². The van der Waals surface area contributed by atoms with Crippen LogP contribution < -0.4 is 5.32 Å². The van der Waals surface area contributed by atoms with Crippen molar-refractivity contribution in [2.24, 2.45) is 16.5 Å². The van der Waals surface area contributed by atoms with Crippen LogP contribution in [0.25, 0.3) is 0 Å². The second kappa shape index (κ2) is 11.4. The summed E-state index contributed by atoms with van der Waals surface area (Å²) in [7, 11) is 0. The molecule has 1 aliphatic heterocycles. The summed E-state index contributed by atoms with van der Waals surface area (Å²) in [5, 5.41) is 23.5. The molecule has 0 spiro atoms. The van der Waals surface area contributed by atoms with Crippen LogP contribution in [0.15, 0.2) is 35.5 Å². The molecule has 0 aromatic heterocycles. The normalized spacial score (nSPS) is 30.0. The van der Waals surface area contributed by atoms with Crippen molar-refractivity contribution in [3.63, 3.8) is 0 Å². The third-order valence-electron chi connectivity index (χ3n) is 8.03. The van der Waals surface area contributed by atoms with Crippen LogP contribution in [0, 0.1) is 11.3 Å². The lowest BCUT2D eigenvalue weighted by Crippen LogP contribution is -2.49. The summed E-state index contributed by atoms with van der Waals surface area (Å²) in [5.74, 6) is -1.27. The van der Waals surface area contributed by atoms with Gasteiger partial charge in [0.05, 0.1) is 0 Å². The highest BCUT2D eigenvalue weighted by atomic mass is 16.6. The molecule has 0 amide bonds. The lowest BCUT2D eigenvalue weighted by Gasteiger charge is -2.54. The molecule has 4 atom stereocenters. The van der Waals surface area contributed by atoms with Crippen LogP contribution in [0.2, 0.25) is 0 Å². The van der Waals surface area contributed by atoms with Crippen LogP contribution in [-0.2, 0) is 26.3 Å².